The number of hydrogen-bond donors (Lipinski definition) is 1. The summed E-state index contributed by atoms with van der Waals surface area (Å²) < 4.78 is 13.6. The van der Waals surface area contributed by atoms with Crippen LogP contribution in [0.1, 0.15) is 10.4 Å². The van der Waals surface area contributed by atoms with Crippen LogP contribution in [-0.4, -0.2) is 10.8 Å². The molecule has 0 spiro atoms. The number of amides is 1. The lowest BCUT2D eigenvalue weighted by Crippen LogP contribution is -2.14. The van der Waals surface area contributed by atoms with Gasteiger partial charge in [0.15, 0.2) is 0 Å². The van der Waals surface area contributed by atoms with E-state index in [1.165, 1.54) is 24.3 Å². The number of carbonyl (C=O) groups is 1. The van der Waals surface area contributed by atoms with Crippen LogP contribution in [0.15, 0.2) is 40.9 Å². The Morgan fingerprint density at radius 2 is 2.00 bits per heavy atom. The maximum Gasteiger partial charge on any atom is 0.283 e. The quantitative estimate of drug-likeness (QED) is 0.640. The lowest BCUT2D eigenvalue weighted by atomic mass is 10.1. The van der Waals surface area contributed by atoms with Gasteiger partial charge in [-0.15, -0.1) is 0 Å². The van der Waals surface area contributed by atoms with Crippen LogP contribution in [0.5, 0.6) is 0 Å². The number of nitrogens with zero attached hydrogens (tertiary/aromatic N) is 1. The number of rotatable bonds is 3. The Balaban J connectivity index is 2.37. The van der Waals surface area contributed by atoms with Gasteiger partial charge in [-0.05, 0) is 46.3 Å². The number of nitro benzene ring substituents is 1. The van der Waals surface area contributed by atoms with E-state index in [0.29, 0.717) is 4.47 Å². The highest BCUT2D eigenvalue weighted by atomic mass is 79.9. The van der Waals surface area contributed by atoms with Gasteiger partial charge in [0.25, 0.3) is 11.6 Å². The minimum absolute atomic E-state index is 0.144. The van der Waals surface area contributed by atoms with Crippen molar-refractivity contribution in [2.75, 3.05) is 5.32 Å². The topological polar surface area (TPSA) is 72.2 Å². The first-order valence-electron chi connectivity index (χ1n) is 5.59. The van der Waals surface area contributed by atoms with E-state index in [4.69, 9.17) is 11.6 Å². The van der Waals surface area contributed by atoms with Gasteiger partial charge in [0.05, 0.1) is 10.6 Å². The molecule has 1 amide bonds. The van der Waals surface area contributed by atoms with Gasteiger partial charge in [-0.1, -0.05) is 11.6 Å². The fourth-order valence-corrected chi connectivity index (χ4v) is 2.14. The van der Waals surface area contributed by atoms with Crippen molar-refractivity contribution in [2.24, 2.45) is 0 Å². The fourth-order valence-electron chi connectivity index (χ4n) is 1.63. The van der Waals surface area contributed by atoms with E-state index in [1.54, 1.807) is 0 Å². The Bertz CT molecular complexity index is 739. The molecule has 5 nitrogen and oxygen atoms in total. The molecule has 0 atom stereocenters. The molecule has 0 unspecified atom stereocenters. The third-order valence-corrected chi connectivity index (χ3v) is 3.50. The minimum atomic E-state index is -0.732. The largest absolute Gasteiger partial charge is 0.321 e. The van der Waals surface area contributed by atoms with Gasteiger partial charge in [-0.25, -0.2) is 4.39 Å². The molecule has 0 aliphatic carbocycles. The van der Waals surface area contributed by atoms with Crippen LogP contribution in [0, 0.1) is 15.9 Å². The number of hydrogen-bond acceptors (Lipinski definition) is 3. The molecule has 21 heavy (non-hydrogen) atoms. The summed E-state index contributed by atoms with van der Waals surface area (Å²) in [6, 6.07) is 7.42. The molecule has 0 aliphatic rings. The zero-order chi connectivity index (χ0) is 15.6. The summed E-state index contributed by atoms with van der Waals surface area (Å²) >= 11 is 8.83. The van der Waals surface area contributed by atoms with Crippen LogP contribution in [0.25, 0.3) is 0 Å². The van der Waals surface area contributed by atoms with E-state index in [1.807, 2.05) is 0 Å². The highest BCUT2D eigenvalue weighted by molar-refractivity contribution is 9.10. The van der Waals surface area contributed by atoms with Crippen molar-refractivity contribution < 1.29 is 14.1 Å². The van der Waals surface area contributed by atoms with Gasteiger partial charge < -0.3 is 5.32 Å². The zero-order valence-electron chi connectivity index (χ0n) is 10.3. The molecule has 0 radical (unpaired) electrons. The lowest BCUT2D eigenvalue weighted by Gasteiger charge is -2.08. The van der Waals surface area contributed by atoms with Gasteiger partial charge in [-0.3, -0.25) is 14.9 Å². The Morgan fingerprint density at radius 1 is 1.29 bits per heavy atom. The molecule has 2 aromatic carbocycles. The van der Waals surface area contributed by atoms with Crippen molar-refractivity contribution >= 4 is 44.8 Å². The fraction of sp³-hybridized carbons (Fsp3) is 0. The SMILES string of the molecule is O=C(Nc1cc(F)ccc1Br)c1ccc(Cl)cc1[N+](=O)[O-]. The molecule has 0 aromatic heterocycles. The second-order valence-corrected chi connectivity index (χ2v) is 5.29. The lowest BCUT2D eigenvalue weighted by molar-refractivity contribution is -0.385. The minimum Gasteiger partial charge on any atom is -0.321 e. The molecule has 0 saturated heterocycles. The van der Waals surface area contributed by atoms with Crippen LogP contribution in [0.4, 0.5) is 15.8 Å². The highest BCUT2D eigenvalue weighted by Gasteiger charge is 2.21. The van der Waals surface area contributed by atoms with Gasteiger partial charge in [0, 0.05) is 15.6 Å². The molecule has 2 rings (SSSR count). The normalized spacial score (nSPS) is 10.2. The number of anilines is 1. The van der Waals surface area contributed by atoms with E-state index in [-0.39, 0.29) is 16.3 Å². The molecule has 2 aromatic rings. The van der Waals surface area contributed by atoms with Crippen molar-refractivity contribution in [3.05, 3.63) is 67.4 Å². The van der Waals surface area contributed by atoms with Crippen molar-refractivity contribution in [3.8, 4) is 0 Å². The summed E-state index contributed by atoms with van der Waals surface area (Å²) in [5, 5.41) is 13.5. The first-order chi connectivity index (χ1) is 9.88. The molecule has 0 fully saturated rings. The van der Waals surface area contributed by atoms with E-state index in [0.717, 1.165) is 12.1 Å². The number of nitrogens with one attached hydrogen (secondary N) is 1. The first-order valence-corrected chi connectivity index (χ1v) is 6.76. The van der Waals surface area contributed by atoms with Crippen molar-refractivity contribution in [1.29, 1.82) is 0 Å². The van der Waals surface area contributed by atoms with Gasteiger partial charge in [0.2, 0.25) is 0 Å². The second kappa shape index (κ2) is 6.19. The number of benzene rings is 2. The molecular weight excluding hydrogens is 367 g/mol. The van der Waals surface area contributed by atoms with E-state index in [2.05, 4.69) is 21.2 Å². The molecule has 1 N–H and O–H groups in total. The van der Waals surface area contributed by atoms with Crippen LogP contribution in [0.3, 0.4) is 0 Å². The monoisotopic (exact) mass is 372 g/mol. The van der Waals surface area contributed by atoms with Gasteiger partial charge in [0.1, 0.15) is 11.4 Å². The summed E-state index contributed by atoms with van der Waals surface area (Å²) in [4.78, 5) is 22.4. The van der Waals surface area contributed by atoms with Crippen molar-refractivity contribution in [1.82, 2.24) is 0 Å². The summed E-state index contributed by atoms with van der Waals surface area (Å²) in [5.41, 5.74) is -0.419. The summed E-state index contributed by atoms with van der Waals surface area (Å²) in [5.74, 6) is -1.27. The number of carbonyl (C=O) groups excluding carboxylic acids is 1. The molecule has 8 heteroatoms. The first kappa shape index (κ1) is 15.4. The molecule has 108 valence electrons. The maximum absolute atomic E-state index is 13.2. The Kier molecular flexibility index (Phi) is 4.54. The Labute approximate surface area is 132 Å². The molecule has 0 aliphatic heterocycles. The van der Waals surface area contributed by atoms with Crippen molar-refractivity contribution in [3.63, 3.8) is 0 Å². The van der Waals surface area contributed by atoms with Crippen molar-refractivity contribution in [2.45, 2.75) is 0 Å². The maximum atomic E-state index is 13.2. The Morgan fingerprint density at radius 3 is 2.67 bits per heavy atom. The number of nitro groups is 1. The predicted octanol–water partition coefficient (Wildman–Crippen LogP) is 4.40. The zero-order valence-corrected chi connectivity index (χ0v) is 12.6. The van der Waals surface area contributed by atoms with E-state index < -0.39 is 22.3 Å². The van der Waals surface area contributed by atoms with Crippen LogP contribution in [0.2, 0.25) is 5.02 Å². The third-order valence-electron chi connectivity index (χ3n) is 2.58. The second-order valence-electron chi connectivity index (χ2n) is 4.00. The van der Waals surface area contributed by atoms with Crippen LogP contribution < -0.4 is 5.32 Å². The third kappa shape index (κ3) is 3.56. The van der Waals surface area contributed by atoms with Gasteiger partial charge >= 0.3 is 0 Å². The van der Waals surface area contributed by atoms with Crippen LogP contribution >= 0.6 is 27.5 Å². The smallest absolute Gasteiger partial charge is 0.283 e. The standard InChI is InChI=1S/C13H7BrClFN2O3/c14-10-4-2-8(16)6-11(10)17-13(19)9-3-1-7(15)5-12(9)18(20)21/h1-6H,(H,17,19). The van der Waals surface area contributed by atoms with Crippen LogP contribution in [-0.2, 0) is 0 Å². The number of halogens is 3. The summed E-state index contributed by atoms with van der Waals surface area (Å²) in [6.07, 6.45) is 0. The Hall–Kier alpha value is -1.99. The summed E-state index contributed by atoms with van der Waals surface area (Å²) in [6.45, 7) is 0. The molecule has 0 saturated carbocycles. The van der Waals surface area contributed by atoms with E-state index >= 15 is 0 Å². The predicted molar refractivity (Wildman–Crippen MR) is 80.2 cm³/mol. The molecule has 0 heterocycles. The highest BCUT2D eigenvalue weighted by Crippen LogP contribution is 2.27. The van der Waals surface area contributed by atoms with Gasteiger partial charge in [-0.2, -0.15) is 0 Å². The summed E-state index contributed by atoms with van der Waals surface area (Å²) in [7, 11) is 0. The molecule has 0 bridgehead atoms. The van der Waals surface area contributed by atoms with E-state index in [9.17, 15) is 19.3 Å². The molecular formula is C13H7BrClFN2O3. The average Bonchev–Trinajstić information content (AvgIpc) is 2.42. The average molecular weight is 374 g/mol.